The Morgan fingerprint density at radius 3 is 2.63 bits per heavy atom. The number of amides is 2. The van der Waals surface area contributed by atoms with Crippen LogP contribution in [0.5, 0.6) is 0 Å². The first kappa shape index (κ1) is 21.9. The van der Waals surface area contributed by atoms with Gasteiger partial charge in [0.1, 0.15) is 6.54 Å². The van der Waals surface area contributed by atoms with E-state index in [4.69, 9.17) is 4.74 Å². The summed E-state index contributed by atoms with van der Waals surface area (Å²) >= 11 is 1.40. The Kier molecular flexibility index (Phi) is 7.53. The fourth-order valence-corrected chi connectivity index (χ4v) is 4.02. The van der Waals surface area contributed by atoms with Gasteiger partial charge in [0.05, 0.1) is 31.1 Å². The number of rotatable bonds is 7. The second kappa shape index (κ2) is 10.3. The van der Waals surface area contributed by atoms with Crippen LogP contribution in [0.1, 0.15) is 26.5 Å². The van der Waals surface area contributed by atoms with E-state index in [0.717, 1.165) is 10.4 Å². The van der Waals surface area contributed by atoms with E-state index >= 15 is 0 Å². The average Bonchev–Trinajstić information content (AvgIpc) is 3.12. The predicted molar refractivity (Wildman–Crippen MR) is 111 cm³/mol. The predicted octanol–water partition coefficient (Wildman–Crippen LogP) is 1.88. The monoisotopic (exact) mass is 431 g/mol. The number of hydrogen-bond donors (Lipinski definition) is 0. The topological polar surface area (TPSA) is 89.0 Å². The van der Waals surface area contributed by atoms with E-state index in [9.17, 15) is 14.4 Å². The minimum atomic E-state index is -0.386. The molecule has 0 aliphatic carbocycles. The molecule has 1 atom stereocenters. The molecule has 0 spiro atoms. The number of hydrogen-bond acceptors (Lipinski definition) is 7. The average molecular weight is 432 g/mol. The largest absolute Gasteiger partial charge is 0.469 e. The van der Waals surface area contributed by atoms with E-state index in [1.807, 2.05) is 25.1 Å². The minimum Gasteiger partial charge on any atom is -0.469 e. The Hall–Kier alpha value is -2.78. The molecule has 8 nitrogen and oxygen atoms in total. The van der Waals surface area contributed by atoms with Crippen molar-refractivity contribution in [1.82, 2.24) is 14.8 Å². The number of aromatic nitrogens is 1. The fourth-order valence-electron chi connectivity index (χ4n) is 3.18. The van der Waals surface area contributed by atoms with Crippen molar-refractivity contribution in [2.45, 2.75) is 26.1 Å². The Morgan fingerprint density at radius 1 is 1.20 bits per heavy atom. The van der Waals surface area contributed by atoms with Gasteiger partial charge in [0.2, 0.25) is 5.91 Å². The van der Waals surface area contributed by atoms with Crippen molar-refractivity contribution in [3.8, 4) is 0 Å². The number of methoxy groups -OCH3 is 1. The van der Waals surface area contributed by atoms with Crippen LogP contribution in [-0.4, -0.2) is 72.0 Å². The third kappa shape index (κ3) is 5.87. The summed E-state index contributed by atoms with van der Waals surface area (Å²) in [6.07, 6.45) is 3.09. The van der Waals surface area contributed by atoms with Crippen LogP contribution in [0.25, 0.3) is 0 Å². The molecule has 3 rings (SSSR count). The number of thiophene rings is 1. The molecule has 9 heteroatoms. The lowest BCUT2D eigenvalue weighted by Gasteiger charge is -2.24. The summed E-state index contributed by atoms with van der Waals surface area (Å²) in [6, 6.07) is 7.37. The van der Waals surface area contributed by atoms with Crippen LogP contribution in [0.2, 0.25) is 0 Å². The molecule has 2 aromatic rings. The molecule has 0 aromatic carbocycles. The SMILES string of the molecule is COC(=O)CCN1CC(OCc2ccncc2)CN(C(=O)c2ccc(C)s2)CC1=O. The van der Waals surface area contributed by atoms with Crippen LogP contribution in [0.4, 0.5) is 0 Å². The summed E-state index contributed by atoms with van der Waals surface area (Å²) in [4.78, 5) is 46.0. The number of ether oxygens (including phenoxy) is 2. The van der Waals surface area contributed by atoms with Gasteiger partial charge in [-0.3, -0.25) is 19.4 Å². The summed E-state index contributed by atoms with van der Waals surface area (Å²) < 4.78 is 10.7. The number of esters is 1. The van der Waals surface area contributed by atoms with Crippen molar-refractivity contribution in [3.05, 3.63) is 52.0 Å². The summed E-state index contributed by atoms with van der Waals surface area (Å²) in [5.41, 5.74) is 0.952. The molecule has 160 valence electrons. The maximum Gasteiger partial charge on any atom is 0.307 e. The van der Waals surface area contributed by atoms with Crippen molar-refractivity contribution in [3.63, 3.8) is 0 Å². The third-order valence-electron chi connectivity index (χ3n) is 4.81. The third-order valence-corrected chi connectivity index (χ3v) is 5.80. The molecule has 1 aliphatic heterocycles. The fraction of sp³-hybridized carbons (Fsp3) is 0.429. The number of aryl methyl sites for hydroxylation is 1. The normalized spacial score (nSPS) is 17.0. The molecular formula is C21H25N3O5S. The number of carbonyl (C=O) groups is 3. The highest BCUT2D eigenvalue weighted by molar-refractivity contribution is 7.13. The van der Waals surface area contributed by atoms with Crippen molar-refractivity contribution in [1.29, 1.82) is 0 Å². The molecule has 0 bridgehead atoms. The Morgan fingerprint density at radius 2 is 1.97 bits per heavy atom. The van der Waals surface area contributed by atoms with Gasteiger partial charge in [-0.1, -0.05) is 0 Å². The summed E-state index contributed by atoms with van der Waals surface area (Å²) in [5.74, 6) is -0.785. The molecule has 1 fully saturated rings. The van der Waals surface area contributed by atoms with Gasteiger partial charge in [-0.2, -0.15) is 0 Å². The Labute approximate surface area is 179 Å². The van der Waals surface area contributed by atoms with Gasteiger partial charge >= 0.3 is 5.97 Å². The maximum atomic E-state index is 13.0. The first-order chi connectivity index (χ1) is 14.5. The van der Waals surface area contributed by atoms with Crippen LogP contribution < -0.4 is 0 Å². The van der Waals surface area contributed by atoms with Gasteiger partial charge in [0.25, 0.3) is 5.91 Å². The second-order valence-corrected chi connectivity index (χ2v) is 8.34. The van der Waals surface area contributed by atoms with Gasteiger partial charge in [0, 0.05) is 36.9 Å². The van der Waals surface area contributed by atoms with Crippen LogP contribution >= 0.6 is 11.3 Å². The molecule has 0 radical (unpaired) electrons. The Balaban J connectivity index is 1.74. The van der Waals surface area contributed by atoms with Crippen LogP contribution in [0.3, 0.4) is 0 Å². The van der Waals surface area contributed by atoms with E-state index in [-0.39, 0.29) is 43.4 Å². The van der Waals surface area contributed by atoms with E-state index in [1.54, 1.807) is 23.4 Å². The highest BCUT2D eigenvalue weighted by Crippen LogP contribution is 2.20. The van der Waals surface area contributed by atoms with E-state index < -0.39 is 0 Å². The lowest BCUT2D eigenvalue weighted by Crippen LogP contribution is -2.40. The summed E-state index contributed by atoms with van der Waals surface area (Å²) in [6.45, 7) is 3.04. The van der Waals surface area contributed by atoms with Crippen LogP contribution in [-0.2, 0) is 25.7 Å². The zero-order valence-electron chi connectivity index (χ0n) is 17.1. The quantitative estimate of drug-likeness (QED) is 0.622. The molecule has 30 heavy (non-hydrogen) atoms. The lowest BCUT2D eigenvalue weighted by atomic mass is 10.2. The van der Waals surface area contributed by atoms with Crippen molar-refractivity contribution >= 4 is 29.1 Å². The second-order valence-electron chi connectivity index (χ2n) is 7.05. The molecule has 0 saturated carbocycles. The first-order valence-electron chi connectivity index (χ1n) is 9.67. The van der Waals surface area contributed by atoms with Gasteiger partial charge in [0.15, 0.2) is 0 Å². The summed E-state index contributed by atoms with van der Waals surface area (Å²) in [7, 11) is 1.32. The van der Waals surface area contributed by atoms with E-state index in [1.165, 1.54) is 23.3 Å². The number of carbonyl (C=O) groups excluding carboxylic acids is 3. The van der Waals surface area contributed by atoms with Crippen molar-refractivity contribution in [2.24, 2.45) is 0 Å². The highest BCUT2D eigenvalue weighted by atomic mass is 32.1. The smallest absolute Gasteiger partial charge is 0.307 e. The van der Waals surface area contributed by atoms with Crippen molar-refractivity contribution < 1.29 is 23.9 Å². The molecular weight excluding hydrogens is 406 g/mol. The number of pyridine rings is 1. The van der Waals surface area contributed by atoms with Crippen LogP contribution in [0.15, 0.2) is 36.7 Å². The highest BCUT2D eigenvalue weighted by Gasteiger charge is 2.32. The first-order valence-corrected chi connectivity index (χ1v) is 10.5. The minimum absolute atomic E-state index is 0.0495. The zero-order chi connectivity index (χ0) is 21.5. The molecule has 3 heterocycles. The molecule has 1 saturated heterocycles. The van der Waals surface area contributed by atoms with Gasteiger partial charge in [-0.05, 0) is 36.8 Å². The molecule has 0 N–H and O–H groups in total. The zero-order valence-corrected chi connectivity index (χ0v) is 17.9. The number of nitrogens with zero attached hydrogens (tertiary/aromatic N) is 3. The van der Waals surface area contributed by atoms with Crippen molar-refractivity contribution in [2.75, 3.05) is 33.3 Å². The summed E-state index contributed by atoms with van der Waals surface area (Å²) in [5, 5.41) is 0. The standard InChI is InChI=1S/C21H25N3O5S/c1-15-3-4-18(30-15)21(27)24-12-17(29-14-16-5-8-22-9-6-16)11-23(19(25)13-24)10-7-20(26)28-2/h3-6,8-9,17H,7,10-14H2,1-2H3. The molecule has 2 aromatic heterocycles. The molecule has 2 amide bonds. The van der Waals surface area contributed by atoms with Gasteiger partial charge in [-0.25, -0.2) is 0 Å². The van der Waals surface area contributed by atoms with Crippen LogP contribution in [0, 0.1) is 6.92 Å². The maximum absolute atomic E-state index is 13.0. The van der Waals surface area contributed by atoms with E-state index in [0.29, 0.717) is 24.6 Å². The Bertz CT molecular complexity index is 886. The molecule has 1 aliphatic rings. The molecule has 1 unspecified atom stereocenters. The van der Waals surface area contributed by atoms with Gasteiger partial charge < -0.3 is 19.3 Å². The lowest BCUT2D eigenvalue weighted by molar-refractivity contribution is -0.142. The van der Waals surface area contributed by atoms with E-state index in [2.05, 4.69) is 9.72 Å². The van der Waals surface area contributed by atoms with Gasteiger partial charge in [-0.15, -0.1) is 11.3 Å².